The normalized spacial score (nSPS) is 22.9. The average molecular weight is 269 g/mol. The second-order valence-corrected chi connectivity index (χ2v) is 5.07. The number of piperazine rings is 1. The molecule has 3 heteroatoms. The fraction of sp³-hybridized carbons (Fsp3) is 0.500. The Kier molecular flexibility index (Phi) is 3.78. The fourth-order valence-corrected chi connectivity index (χ4v) is 2.21. The van der Waals surface area contributed by atoms with Crippen LogP contribution in [-0.2, 0) is 6.54 Å². The van der Waals surface area contributed by atoms with Crippen LogP contribution < -0.4 is 5.32 Å². The Balaban J connectivity index is 1.98. The second-order valence-electron chi connectivity index (χ2n) is 4.15. The van der Waals surface area contributed by atoms with Crippen LogP contribution in [0.15, 0.2) is 28.7 Å². The summed E-state index contributed by atoms with van der Waals surface area (Å²) in [4.78, 5) is 2.53. The molecule has 82 valence electrons. The van der Waals surface area contributed by atoms with Gasteiger partial charge >= 0.3 is 0 Å². The highest BCUT2D eigenvalue weighted by Crippen LogP contribution is 2.14. The molecule has 1 fully saturated rings. The van der Waals surface area contributed by atoms with Gasteiger partial charge in [0.1, 0.15) is 0 Å². The van der Waals surface area contributed by atoms with Crippen LogP contribution in [0.2, 0.25) is 0 Å². The first-order valence-corrected chi connectivity index (χ1v) is 6.24. The SMILES string of the molecule is C[C@@H]1CNCCN1Cc1ccc(Br)cc1. The van der Waals surface area contributed by atoms with Crippen LogP contribution in [0.5, 0.6) is 0 Å². The molecule has 2 rings (SSSR count). The Labute approximate surface area is 99.8 Å². The topological polar surface area (TPSA) is 15.3 Å². The molecule has 2 nitrogen and oxygen atoms in total. The summed E-state index contributed by atoms with van der Waals surface area (Å²) in [6.07, 6.45) is 0. The fourth-order valence-electron chi connectivity index (χ4n) is 1.94. The first-order chi connectivity index (χ1) is 7.25. The van der Waals surface area contributed by atoms with E-state index in [0.29, 0.717) is 6.04 Å². The van der Waals surface area contributed by atoms with Crippen molar-refractivity contribution in [3.63, 3.8) is 0 Å². The van der Waals surface area contributed by atoms with E-state index in [0.717, 1.165) is 30.7 Å². The Morgan fingerprint density at radius 1 is 1.40 bits per heavy atom. The van der Waals surface area contributed by atoms with Crippen molar-refractivity contribution in [2.75, 3.05) is 19.6 Å². The predicted molar refractivity (Wildman–Crippen MR) is 66.9 cm³/mol. The molecule has 1 atom stereocenters. The van der Waals surface area contributed by atoms with Gasteiger partial charge in [-0.1, -0.05) is 28.1 Å². The maximum atomic E-state index is 3.46. The zero-order valence-electron chi connectivity index (χ0n) is 9.04. The molecule has 1 aromatic carbocycles. The highest BCUT2D eigenvalue weighted by Gasteiger charge is 2.17. The van der Waals surface area contributed by atoms with Crippen LogP contribution in [0.3, 0.4) is 0 Å². The standard InChI is InChI=1S/C12H17BrN2/c1-10-8-14-6-7-15(10)9-11-2-4-12(13)5-3-11/h2-5,10,14H,6-9H2,1H3/t10-/m1/s1. The lowest BCUT2D eigenvalue weighted by molar-refractivity contribution is 0.165. The van der Waals surface area contributed by atoms with E-state index < -0.39 is 0 Å². The van der Waals surface area contributed by atoms with E-state index in [1.54, 1.807) is 0 Å². The lowest BCUT2D eigenvalue weighted by Gasteiger charge is -2.33. The van der Waals surface area contributed by atoms with Crippen molar-refractivity contribution in [3.05, 3.63) is 34.3 Å². The highest BCUT2D eigenvalue weighted by atomic mass is 79.9. The minimum atomic E-state index is 0.641. The van der Waals surface area contributed by atoms with Crippen LogP contribution in [0.25, 0.3) is 0 Å². The molecule has 0 saturated carbocycles. The number of benzene rings is 1. The molecule has 0 spiro atoms. The number of nitrogens with zero attached hydrogens (tertiary/aromatic N) is 1. The van der Waals surface area contributed by atoms with Gasteiger partial charge in [-0.05, 0) is 24.6 Å². The Bertz CT molecular complexity index is 310. The number of hydrogen-bond donors (Lipinski definition) is 1. The van der Waals surface area contributed by atoms with Gasteiger partial charge in [-0.2, -0.15) is 0 Å². The summed E-state index contributed by atoms with van der Waals surface area (Å²) in [7, 11) is 0. The van der Waals surface area contributed by atoms with E-state index in [4.69, 9.17) is 0 Å². The minimum absolute atomic E-state index is 0.641. The van der Waals surface area contributed by atoms with Crippen LogP contribution in [0, 0.1) is 0 Å². The summed E-state index contributed by atoms with van der Waals surface area (Å²) < 4.78 is 1.15. The molecule has 0 bridgehead atoms. The van der Waals surface area contributed by atoms with E-state index in [1.807, 2.05) is 0 Å². The molecule has 0 unspecified atom stereocenters. The molecule has 0 amide bonds. The van der Waals surface area contributed by atoms with E-state index in [-0.39, 0.29) is 0 Å². The van der Waals surface area contributed by atoms with Crippen molar-refractivity contribution >= 4 is 15.9 Å². The molecule has 1 heterocycles. The molecule has 1 N–H and O–H groups in total. The molecule has 1 aliphatic heterocycles. The average Bonchev–Trinajstić information content (AvgIpc) is 2.25. The zero-order chi connectivity index (χ0) is 10.7. The quantitative estimate of drug-likeness (QED) is 0.885. The first-order valence-electron chi connectivity index (χ1n) is 5.45. The lowest BCUT2D eigenvalue weighted by atomic mass is 10.1. The van der Waals surface area contributed by atoms with Crippen LogP contribution in [0.1, 0.15) is 12.5 Å². The maximum absolute atomic E-state index is 3.46. The Morgan fingerprint density at radius 2 is 2.13 bits per heavy atom. The van der Waals surface area contributed by atoms with Gasteiger partial charge in [-0.25, -0.2) is 0 Å². The Morgan fingerprint density at radius 3 is 2.80 bits per heavy atom. The summed E-state index contributed by atoms with van der Waals surface area (Å²) in [6, 6.07) is 9.25. The van der Waals surface area contributed by atoms with Crippen LogP contribution >= 0.6 is 15.9 Å². The van der Waals surface area contributed by atoms with E-state index in [9.17, 15) is 0 Å². The minimum Gasteiger partial charge on any atom is -0.314 e. The molecule has 15 heavy (non-hydrogen) atoms. The Hall–Kier alpha value is -0.380. The van der Waals surface area contributed by atoms with Crippen molar-refractivity contribution < 1.29 is 0 Å². The summed E-state index contributed by atoms with van der Waals surface area (Å²) in [5.41, 5.74) is 1.40. The van der Waals surface area contributed by atoms with Crippen molar-refractivity contribution in [2.24, 2.45) is 0 Å². The molecule has 1 saturated heterocycles. The van der Waals surface area contributed by atoms with Crippen molar-refractivity contribution in [1.29, 1.82) is 0 Å². The highest BCUT2D eigenvalue weighted by molar-refractivity contribution is 9.10. The third kappa shape index (κ3) is 3.03. The van der Waals surface area contributed by atoms with Gasteiger partial charge in [-0.15, -0.1) is 0 Å². The van der Waals surface area contributed by atoms with Crippen LogP contribution in [0.4, 0.5) is 0 Å². The molecular weight excluding hydrogens is 252 g/mol. The molecule has 1 aromatic rings. The van der Waals surface area contributed by atoms with E-state index in [1.165, 1.54) is 5.56 Å². The molecular formula is C12H17BrN2. The van der Waals surface area contributed by atoms with Gasteiger partial charge in [0.15, 0.2) is 0 Å². The molecule has 0 radical (unpaired) electrons. The lowest BCUT2D eigenvalue weighted by Crippen LogP contribution is -2.49. The third-order valence-corrected chi connectivity index (χ3v) is 3.47. The van der Waals surface area contributed by atoms with Crippen LogP contribution in [-0.4, -0.2) is 30.6 Å². The summed E-state index contributed by atoms with van der Waals surface area (Å²) >= 11 is 3.46. The smallest absolute Gasteiger partial charge is 0.0237 e. The van der Waals surface area contributed by atoms with Gasteiger partial charge in [0.25, 0.3) is 0 Å². The van der Waals surface area contributed by atoms with Crippen molar-refractivity contribution in [3.8, 4) is 0 Å². The number of nitrogens with one attached hydrogen (secondary N) is 1. The summed E-state index contributed by atoms with van der Waals surface area (Å²) in [5, 5.41) is 3.41. The van der Waals surface area contributed by atoms with Crippen molar-refractivity contribution in [2.45, 2.75) is 19.5 Å². The summed E-state index contributed by atoms with van der Waals surface area (Å²) in [6.45, 7) is 6.72. The number of hydrogen-bond acceptors (Lipinski definition) is 2. The monoisotopic (exact) mass is 268 g/mol. The van der Waals surface area contributed by atoms with E-state index >= 15 is 0 Å². The number of rotatable bonds is 2. The van der Waals surface area contributed by atoms with Gasteiger partial charge in [-0.3, -0.25) is 4.90 Å². The van der Waals surface area contributed by atoms with Gasteiger partial charge < -0.3 is 5.32 Å². The predicted octanol–water partition coefficient (Wildman–Crippen LogP) is 2.24. The van der Waals surface area contributed by atoms with Gasteiger partial charge in [0, 0.05) is 36.7 Å². The van der Waals surface area contributed by atoms with Gasteiger partial charge in [0.2, 0.25) is 0 Å². The molecule has 0 aromatic heterocycles. The zero-order valence-corrected chi connectivity index (χ0v) is 10.6. The van der Waals surface area contributed by atoms with E-state index in [2.05, 4.69) is 57.3 Å². The first kappa shape index (κ1) is 11.1. The van der Waals surface area contributed by atoms with Crippen molar-refractivity contribution in [1.82, 2.24) is 10.2 Å². The largest absolute Gasteiger partial charge is 0.314 e. The number of halogens is 1. The molecule has 0 aliphatic carbocycles. The molecule has 1 aliphatic rings. The summed E-state index contributed by atoms with van der Waals surface area (Å²) in [5.74, 6) is 0. The second kappa shape index (κ2) is 5.10. The third-order valence-electron chi connectivity index (χ3n) is 2.94. The van der Waals surface area contributed by atoms with Gasteiger partial charge in [0.05, 0.1) is 0 Å². The maximum Gasteiger partial charge on any atom is 0.0237 e.